The Morgan fingerprint density at radius 3 is 0.647 bits per heavy atom. The fraction of sp³-hybridized carbons (Fsp3) is 0.414. The van der Waals surface area contributed by atoms with Gasteiger partial charge in [-0.1, -0.05) is 161 Å². The lowest BCUT2D eigenvalue weighted by Crippen LogP contribution is -2.26. The van der Waals surface area contributed by atoms with Crippen molar-refractivity contribution in [3.63, 3.8) is 0 Å². The van der Waals surface area contributed by atoms with E-state index in [0.29, 0.717) is 25.7 Å². The molecule has 4 aromatic carbocycles. The summed E-state index contributed by atoms with van der Waals surface area (Å²) in [5.41, 5.74) is 8.92. The Kier molecular flexibility index (Phi) is 25.7. The second-order valence-electron chi connectivity index (χ2n) is 17.6. The second-order valence-corrected chi connectivity index (χ2v) is 17.6. The Labute approximate surface area is 404 Å². The first-order valence-electron chi connectivity index (χ1n) is 24.8. The molecule has 0 atom stereocenters. The molecule has 364 valence electrons. The predicted molar refractivity (Wildman–Crippen MR) is 269 cm³/mol. The van der Waals surface area contributed by atoms with Gasteiger partial charge in [0.25, 0.3) is 0 Å². The third-order valence-corrected chi connectivity index (χ3v) is 12.0. The number of carboxylic acids is 4. The van der Waals surface area contributed by atoms with Crippen LogP contribution in [0.1, 0.15) is 162 Å². The summed E-state index contributed by atoms with van der Waals surface area (Å²) in [6.45, 7) is 3.52. The first-order valence-corrected chi connectivity index (χ1v) is 24.8. The number of carbonyl (C=O) groups is 4. The van der Waals surface area contributed by atoms with Gasteiger partial charge in [0.05, 0.1) is 0 Å². The van der Waals surface area contributed by atoms with Crippen LogP contribution < -0.4 is 30.2 Å². The molecule has 0 amide bonds. The molecule has 10 nitrogen and oxygen atoms in total. The van der Waals surface area contributed by atoms with Gasteiger partial charge in [-0.25, -0.2) is 0 Å². The number of aliphatic carboxylic acids is 4. The highest BCUT2D eigenvalue weighted by Gasteiger charge is 2.09. The van der Waals surface area contributed by atoms with E-state index < -0.39 is 23.9 Å². The first-order chi connectivity index (χ1) is 33.0. The van der Waals surface area contributed by atoms with Crippen molar-refractivity contribution in [2.24, 2.45) is 0 Å². The lowest BCUT2D eigenvalue weighted by molar-refractivity contribution is -0.307. The van der Waals surface area contributed by atoms with E-state index in [9.17, 15) is 39.6 Å². The molecule has 0 bridgehead atoms. The van der Waals surface area contributed by atoms with Crippen LogP contribution in [0, 0.1) is 0 Å². The maximum atomic E-state index is 10.7. The van der Waals surface area contributed by atoms with Crippen LogP contribution >= 0.6 is 0 Å². The fourth-order valence-corrected chi connectivity index (χ4v) is 8.05. The van der Waals surface area contributed by atoms with Crippen LogP contribution in [0.3, 0.4) is 0 Å². The minimum absolute atomic E-state index is 0.105. The maximum Gasteiger partial charge on any atom is 0.0414 e. The molecule has 0 saturated carbocycles. The number of carboxylic acid groups (broad SMARTS) is 4. The van der Waals surface area contributed by atoms with Crippen molar-refractivity contribution in [2.75, 3.05) is 36.0 Å². The van der Waals surface area contributed by atoms with E-state index in [4.69, 9.17) is 0 Å². The Bertz CT molecular complexity index is 1950. The number of unbranched alkanes of at least 4 members (excludes halogenated alkanes) is 12. The summed E-state index contributed by atoms with van der Waals surface area (Å²) < 4.78 is 0. The second kappa shape index (κ2) is 32.3. The zero-order valence-corrected chi connectivity index (χ0v) is 39.8. The standard InChI is InChI=1S/C58H74N2O8/c61-55(62)17-9-1-5-13-43-59(44-14-6-2-10-18-56(63)64)53-39-35-51(36-40-53)33-31-49-27-23-47(24-28-49)21-22-48-25-29-50(30-26-48)32-34-52-37-41-54(42-38-52)60(45-15-7-3-11-19-57(65)66)46-16-8-4-12-20-58(67)68/h21-42H,1-20,43-46H2,(H,61,62)(H,63,64)(H,65,66)(H,67,68)/p-4/b22-21+,33-31+,34-32+. The summed E-state index contributed by atoms with van der Waals surface area (Å²) in [4.78, 5) is 47.7. The molecular formula is C58H70N2O8-4. The van der Waals surface area contributed by atoms with E-state index in [0.717, 1.165) is 148 Å². The highest BCUT2D eigenvalue weighted by molar-refractivity contribution is 5.75. The fourth-order valence-electron chi connectivity index (χ4n) is 8.05. The van der Waals surface area contributed by atoms with Gasteiger partial charge in [0.1, 0.15) is 0 Å². The Morgan fingerprint density at radius 2 is 0.456 bits per heavy atom. The minimum Gasteiger partial charge on any atom is -0.550 e. The average molecular weight is 923 g/mol. The van der Waals surface area contributed by atoms with Gasteiger partial charge in [-0.3, -0.25) is 0 Å². The van der Waals surface area contributed by atoms with Gasteiger partial charge in [-0.2, -0.15) is 0 Å². The normalized spacial score (nSPS) is 11.5. The minimum atomic E-state index is -0.994. The van der Waals surface area contributed by atoms with Crippen LogP contribution in [0.4, 0.5) is 11.4 Å². The lowest BCUT2D eigenvalue weighted by atomic mass is 10.1. The largest absolute Gasteiger partial charge is 0.550 e. The van der Waals surface area contributed by atoms with Crippen molar-refractivity contribution in [1.82, 2.24) is 0 Å². The van der Waals surface area contributed by atoms with Gasteiger partial charge < -0.3 is 49.4 Å². The zero-order valence-electron chi connectivity index (χ0n) is 39.8. The highest BCUT2D eigenvalue weighted by Crippen LogP contribution is 2.22. The summed E-state index contributed by atoms with van der Waals surface area (Å²) in [6, 6.07) is 34.0. The van der Waals surface area contributed by atoms with E-state index in [1.807, 2.05) is 0 Å². The summed E-state index contributed by atoms with van der Waals surface area (Å²) in [5, 5.41) is 43.0. The Morgan fingerprint density at radius 1 is 0.279 bits per heavy atom. The Hall–Kier alpha value is -6.42. The van der Waals surface area contributed by atoms with Crippen LogP contribution in [0.5, 0.6) is 0 Å². The summed E-state index contributed by atoms with van der Waals surface area (Å²) in [6.07, 6.45) is 26.8. The van der Waals surface area contributed by atoms with Gasteiger partial charge in [-0.05, 0) is 135 Å². The summed E-state index contributed by atoms with van der Waals surface area (Å²) >= 11 is 0. The molecule has 0 radical (unpaired) electrons. The number of benzene rings is 4. The predicted octanol–water partition coefficient (Wildman–Crippen LogP) is 8.61. The van der Waals surface area contributed by atoms with E-state index in [2.05, 4.69) is 143 Å². The topological polar surface area (TPSA) is 167 Å². The summed E-state index contributed by atoms with van der Waals surface area (Å²) in [5.74, 6) is -3.98. The summed E-state index contributed by atoms with van der Waals surface area (Å²) in [7, 11) is 0. The van der Waals surface area contributed by atoms with Gasteiger partial charge in [0.2, 0.25) is 0 Å². The number of rotatable bonds is 36. The van der Waals surface area contributed by atoms with Gasteiger partial charge in [0, 0.05) is 61.4 Å². The molecule has 0 fully saturated rings. The van der Waals surface area contributed by atoms with Crippen LogP contribution in [-0.4, -0.2) is 50.1 Å². The Balaban J connectivity index is 1.25. The highest BCUT2D eigenvalue weighted by atomic mass is 16.4. The number of hydrogen-bond acceptors (Lipinski definition) is 10. The molecule has 0 aliphatic heterocycles. The molecule has 4 rings (SSSR count). The van der Waals surface area contributed by atoms with Crippen molar-refractivity contribution in [1.29, 1.82) is 0 Å². The zero-order chi connectivity index (χ0) is 48.6. The lowest BCUT2D eigenvalue weighted by Gasteiger charge is -2.25. The van der Waals surface area contributed by atoms with Crippen LogP contribution in [0.2, 0.25) is 0 Å². The molecule has 10 heteroatoms. The van der Waals surface area contributed by atoms with Crippen LogP contribution in [0.25, 0.3) is 36.5 Å². The molecule has 0 heterocycles. The van der Waals surface area contributed by atoms with E-state index in [-0.39, 0.29) is 25.7 Å². The third kappa shape index (κ3) is 23.9. The number of nitrogens with zero attached hydrogens (tertiary/aromatic N) is 2. The molecule has 4 aromatic rings. The van der Waals surface area contributed by atoms with E-state index in [1.54, 1.807) is 0 Å². The smallest absolute Gasteiger partial charge is 0.0414 e. The van der Waals surface area contributed by atoms with Crippen molar-refractivity contribution in [3.8, 4) is 0 Å². The molecule has 0 N–H and O–H groups in total. The number of carbonyl (C=O) groups excluding carboxylic acids is 4. The van der Waals surface area contributed by atoms with E-state index in [1.165, 1.54) is 0 Å². The van der Waals surface area contributed by atoms with Crippen LogP contribution in [-0.2, 0) is 19.2 Å². The number of hydrogen-bond donors (Lipinski definition) is 0. The molecule has 0 aliphatic rings. The van der Waals surface area contributed by atoms with Crippen molar-refractivity contribution >= 4 is 71.7 Å². The first kappa shape index (κ1) is 54.2. The average Bonchev–Trinajstić information content (AvgIpc) is 3.33. The SMILES string of the molecule is O=C([O-])CCCCCCN(CCCCCCC(=O)[O-])c1ccc(/C=C/c2ccc(/C=C/c3ccc(/C=C/c4ccc(N(CCCCCCC(=O)[O-])CCCCCCC(=O)[O-])cc4)cc3)cc2)cc1. The van der Waals surface area contributed by atoms with Gasteiger partial charge in [0.15, 0.2) is 0 Å². The van der Waals surface area contributed by atoms with Crippen molar-refractivity contribution in [3.05, 3.63) is 130 Å². The quantitative estimate of drug-likeness (QED) is 0.0318. The van der Waals surface area contributed by atoms with Gasteiger partial charge >= 0.3 is 0 Å². The molecule has 68 heavy (non-hydrogen) atoms. The van der Waals surface area contributed by atoms with Gasteiger partial charge in [-0.15, -0.1) is 0 Å². The number of anilines is 2. The van der Waals surface area contributed by atoms with Crippen molar-refractivity contribution < 1.29 is 39.6 Å². The monoisotopic (exact) mass is 923 g/mol. The molecule has 0 spiro atoms. The molecule has 0 aliphatic carbocycles. The molecule has 0 aromatic heterocycles. The third-order valence-electron chi connectivity index (χ3n) is 12.0. The molecular weight excluding hydrogens is 853 g/mol. The van der Waals surface area contributed by atoms with Crippen LogP contribution in [0.15, 0.2) is 97.1 Å². The van der Waals surface area contributed by atoms with E-state index >= 15 is 0 Å². The van der Waals surface area contributed by atoms with Crippen molar-refractivity contribution in [2.45, 2.75) is 128 Å². The molecule has 0 saturated heterocycles. The molecule has 0 unspecified atom stereocenters. The maximum absolute atomic E-state index is 10.7.